The number of hydrogen-bond acceptors (Lipinski definition) is 1. The molecule has 0 aromatic heterocycles. The third-order valence-electron chi connectivity index (χ3n) is 11.7. The molecule has 0 saturated heterocycles. The van der Waals surface area contributed by atoms with Crippen LogP contribution < -0.4 is 0 Å². The molecule has 2 aromatic rings. The summed E-state index contributed by atoms with van der Waals surface area (Å²) >= 11 is 0. The SMILES string of the molecule is CCCCCCCCCCCCCCCCCCCCCCCC(=Nc1ccc(CCC)c(CCC)c1)C(=[C-]c1ccc(CCC)c(CCC)c1)CCCC.[Ni]. The molecule has 322 valence electrons. The second-order valence-corrected chi connectivity index (χ2v) is 17.0. The number of hydrogen-bond donors (Lipinski definition) is 0. The number of unbranched alkanes of at least 4 members (excludes halogenated alkanes) is 21. The van der Waals surface area contributed by atoms with E-state index in [2.05, 4.69) is 84.0 Å². The largest absolute Gasteiger partial charge is 0.301 e. The van der Waals surface area contributed by atoms with Gasteiger partial charge in [-0.3, -0.25) is 0 Å². The molecule has 0 N–H and O–H groups in total. The molecule has 2 heteroatoms. The number of nitrogens with zero attached hydrogens (tertiary/aromatic N) is 1. The van der Waals surface area contributed by atoms with E-state index in [1.54, 1.807) is 0 Å². The minimum absolute atomic E-state index is 0. The molecule has 0 saturated carbocycles. The Hall–Kier alpha value is -1.66. The van der Waals surface area contributed by atoms with Gasteiger partial charge in [-0.25, -0.2) is 0 Å². The summed E-state index contributed by atoms with van der Waals surface area (Å²) in [6.45, 7) is 13.8. The van der Waals surface area contributed by atoms with Gasteiger partial charge in [0.2, 0.25) is 0 Å². The molecule has 2 rings (SSSR count). The Morgan fingerprint density at radius 3 is 1.23 bits per heavy atom. The maximum absolute atomic E-state index is 5.50. The summed E-state index contributed by atoms with van der Waals surface area (Å²) in [6.07, 6.45) is 47.7. The topological polar surface area (TPSA) is 12.4 Å². The van der Waals surface area contributed by atoms with Crippen LogP contribution >= 0.6 is 0 Å². The van der Waals surface area contributed by atoms with Crippen LogP contribution in [-0.4, -0.2) is 5.71 Å². The number of allylic oxidation sites excluding steroid dienone is 1. The van der Waals surface area contributed by atoms with Crippen LogP contribution in [0.5, 0.6) is 0 Å². The average Bonchev–Trinajstić information content (AvgIpc) is 3.19. The fourth-order valence-electron chi connectivity index (χ4n) is 8.38. The Morgan fingerprint density at radius 1 is 0.393 bits per heavy atom. The third kappa shape index (κ3) is 24.3. The molecule has 56 heavy (non-hydrogen) atoms. The first-order valence-electron chi connectivity index (χ1n) is 24.5. The molecule has 0 bridgehead atoms. The van der Waals surface area contributed by atoms with Gasteiger partial charge in [-0.05, 0) is 67.5 Å². The van der Waals surface area contributed by atoms with Gasteiger partial charge in [-0.1, -0.05) is 232 Å². The van der Waals surface area contributed by atoms with Crippen LogP contribution in [-0.2, 0) is 42.2 Å². The first-order chi connectivity index (χ1) is 27.1. The molecule has 0 aliphatic rings. The molecule has 1 nitrogen and oxygen atoms in total. The summed E-state index contributed by atoms with van der Waals surface area (Å²) in [4.78, 5) is 5.50. The Kier molecular flexibility index (Phi) is 34.1. The number of aryl methyl sites for hydroxylation is 4. The van der Waals surface area contributed by atoms with Crippen LogP contribution in [0.4, 0.5) is 5.69 Å². The molecule has 0 unspecified atom stereocenters. The van der Waals surface area contributed by atoms with Gasteiger partial charge in [0.25, 0.3) is 0 Å². The van der Waals surface area contributed by atoms with Crippen molar-refractivity contribution in [1.29, 1.82) is 0 Å². The summed E-state index contributed by atoms with van der Waals surface area (Å²) in [5.41, 5.74) is 11.1. The Balaban J connectivity index is 0.0000157. The van der Waals surface area contributed by atoms with Gasteiger partial charge in [-0.15, -0.1) is 35.4 Å². The van der Waals surface area contributed by atoms with Gasteiger partial charge in [0.1, 0.15) is 0 Å². The van der Waals surface area contributed by atoms with Gasteiger partial charge >= 0.3 is 0 Å². The van der Waals surface area contributed by atoms with Crippen LogP contribution in [0, 0.1) is 6.08 Å². The van der Waals surface area contributed by atoms with Crippen LogP contribution in [0.25, 0.3) is 0 Å². The van der Waals surface area contributed by atoms with Crippen molar-refractivity contribution >= 4 is 11.4 Å². The molecule has 0 aliphatic heterocycles. The zero-order chi connectivity index (χ0) is 39.6. The van der Waals surface area contributed by atoms with E-state index >= 15 is 0 Å². The Bertz CT molecular complexity index is 1270. The Morgan fingerprint density at radius 2 is 0.786 bits per heavy atom. The van der Waals surface area contributed by atoms with E-state index in [4.69, 9.17) is 4.99 Å². The molecule has 0 amide bonds. The average molecular weight is 812 g/mol. The van der Waals surface area contributed by atoms with Crippen molar-refractivity contribution in [2.24, 2.45) is 4.99 Å². The van der Waals surface area contributed by atoms with Gasteiger partial charge in [0.05, 0.1) is 5.69 Å². The van der Waals surface area contributed by atoms with E-state index < -0.39 is 0 Å². The second kappa shape index (κ2) is 36.4. The fraction of sp³-hybridized carbons (Fsp3) is 0.722. The summed E-state index contributed by atoms with van der Waals surface area (Å²) < 4.78 is 0. The molecule has 0 radical (unpaired) electrons. The first-order valence-corrected chi connectivity index (χ1v) is 24.5. The van der Waals surface area contributed by atoms with E-state index in [1.165, 1.54) is 219 Å². The third-order valence-corrected chi connectivity index (χ3v) is 11.7. The molecule has 0 fully saturated rings. The van der Waals surface area contributed by atoms with Gasteiger partial charge in [-0.2, -0.15) is 0 Å². The minimum Gasteiger partial charge on any atom is -0.301 e. The van der Waals surface area contributed by atoms with Crippen LogP contribution in [0.15, 0.2) is 47.0 Å². The van der Waals surface area contributed by atoms with Crippen molar-refractivity contribution in [3.63, 3.8) is 0 Å². The van der Waals surface area contributed by atoms with Crippen LogP contribution in [0.1, 0.15) is 256 Å². The molecule has 2 aromatic carbocycles. The molecular weight excluding hydrogens is 721 g/mol. The number of benzene rings is 2. The number of aliphatic imine (C=N–C) groups is 1. The maximum Gasteiger partial charge on any atom is 0.0522 e. The quantitative estimate of drug-likeness (QED) is 0.0281. The van der Waals surface area contributed by atoms with E-state index in [9.17, 15) is 0 Å². The van der Waals surface area contributed by atoms with E-state index in [0.717, 1.165) is 37.8 Å². The smallest absolute Gasteiger partial charge is 0.0522 e. The van der Waals surface area contributed by atoms with Crippen LogP contribution in [0.3, 0.4) is 0 Å². The summed E-state index contributed by atoms with van der Waals surface area (Å²) in [5.74, 6) is 0. The van der Waals surface area contributed by atoms with Crippen molar-refractivity contribution in [3.8, 4) is 0 Å². The van der Waals surface area contributed by atoms with E-state index in [0.29, 0.717) is 0 Å². The van der Waals surface area contributed by atoms with Crippen molar-refractivity contribution < 1.29 is 16.5 Å². The normalized spacial score (nSPS) is 12.0. The molecule has 0 spiro atoms. The van der Waals surface area contributed by atoms with Crippen molar-refractivity contribution in [2.75, 3.05) is 0 Å². The summed E-state index contributed by atoms with van der Waals surface area (Å²) in [7, 11) is 0. The van der Waals surface area contributed by atoms with Gasteiger partial charge in [0, 0.05) is 16.5 Å². The summed E-state index contributed by atoms with van der Waals surface area (Å²) in [6, 6.07) is 14.2. The molecule has 0 aliphatic carbocycles. The predicted octanol–water partition coefficient (Wildman–Crippen LogP) is 18.1. The minimum atomic E-state index is 0. The van der Waals surface area contributed by atoms with Gasteiger partial charge in [0.15, 0.2) is 0 Å². The zero-order valence-electron chi connectivity index (χ0n) is 38.1. The molecular formula is C54H90NNi-. The zero-order valence-corrected chi connectivity index (χ0v) is 39.0. The number of rotatable bonds is 36. The second-order valence-electron chi connectivity index (χ2n) is 17.0. The van der Waals surface area contributed by atoms with E-state index in [1.807, 2.05) is 0 Å². The van der Waals surface area contributed by atoms with E-state index in [-0.39, 0.29) is 16.5 Å². The monoisotopic (exact) mass is 811 g/mol. The first kappa shape index (κ1) is 52.4. The standard InChI is InChI=1S/C54H90N.Ni/c1-7-13-15-16-17-18-19-20-21-22-23-24-25-26-27-28-29-30-31-32-33-39-54(55-53-43-42-49(35-10-4)51(46-53)37-12-6)52(38-14-8-2)45-47-40-41-48(34-9-3)50(44-47)36-11-5;/h40-44,46H,7-39H2,1-6H3;/q-1;. The molecule has 0 atom stereocenters. The summed E-state index contributed by atoms with van der Waals surface area (Å²) in [5, 5.41) is 0. The predicted molar refractivity (Wildman–Crippen MR) is 249 cm³/mol. The van der Waals surface area contributed by atoms with Crippen LogP contribution in [0.2, 0.25) is 0 Å². The molecule has 0 heterocycles. The van der Waals surface area contributed by atoms with Crippen molar-refractivity contribution in [3.05, 3.63) is 75.9 Å². The van der Waals surface area contributed by atoms with Crippen molar-refractivity contribution in [2.45, 2.75) is 253 Å². The van der Waals surface area contributed by atoms with Gasteiger partial charge < -0.3 is 4.99 Å². The fourth-order valence-corrected chi connectivity index (χ4v) is 8.38. The Labute approximate surface area is 360 Å². The van der Waals surface area contributed by atoms with Crippen molar-refractivity contribution in [1.82, 2.24) is 0 Å². The maximum atomic E-state index is 5.50.